The number of ether oxygens (including phenoxy) is 1. The summed E-state index contributed by atoms with van der Waals surface area (Å²) < 4.78 is 9.31. The van der Waals surface area contributed by atoms with E-state index in [9.17, 15) is 0 Å². The maximum atomic E-state index is 5.81. The number of methoxy groups -OCH3 is 1. The lowest BCUT2D eigenvalue weighted by Gasteiger charge is -2.21. The molecule has 0 amide bonds. The maximum absolute atomic E-state index is 5.81. The van der Waals surface area contributed by atoms with Crippen molar-refractivity contribution in [1.82, 2.24) is 15.2 Å². The summed E-state index contributed by atoms with van der Waals surface area (Å²) in [4.78, 5) is 0. The summed E-state index contributed by atoms with van der Waals surface area (Å²) in [6.45, 7) is 2.95. The fourth-order valence-corrected chi connectivity index (χ4v) is 3.15. The lowest BCUT2D eigenvalue weighted by atomic mass is 10.0. The predicted molar refractivity (Wildman–Crippen MR) is 90.1 cm³/mol. The third-order valence-corrected chi connectivity index (χ3v) is 4.32. The van der Waals surface area contributed by atoms with Crippen molar-refractivity contribution in [3.63, 3.8) is 0 Å². The number of hydrogen-bond donors (Lipinski definition) is 2. The van der Waals surface area contributed by atoms with Crippen LogP contribution in [0.2, 0.25) is 0 Å². The zero-order chi connectivity index (χ0) is 15.4. The monoisotopic (exact) mass is 416 g/mol. The molecule has 3 N–H and O–H groups in total. The van der Waals surface area contributed by atoms with Crippen molar-refractivity contribution in [2.45, 2.75) is 25.9 Å². The second-order valence-electron chi connectivity index (χ2n) is 4.59. The molecule has 7 heteroatoms. The minimum atomic E-state index is -0.212. The van der Waals surface area contributed by atoms with Gasteiger partial charge < -0.3 is 4.74 Å². The van der Waals surface area contributed by atoms with Crippen molar-refractivity contribution in [1.29, 1.82) is 0 Å². The minimum absolute atomic E-state index is 0.212. The van der Waals surface area contributed by atoms with Crippen molar-refractivity contribution < 1.29 is 4.74 Å². The van der Waals surface area contributed by atoms with Crippen LogP contribution in [0.3, 0.4) is 0 Å². The van der Waals surface area contributed by atoms with Gasteiger partial charge in [0.25, 0.3) is 0 Å². The molecule has 0 aliphatic heterocycles. The van der Waals surface area contributed by atoms with Crippen LogP contribution >= 0.6 is 31.9 Å². The van der Waals surface area contributed by atoms with E-state index in [4.69, 9.17) is 10.6 Å². The molecule has 114 valence electrons. The smallest absolute Gasteiger partial charge is 0.125 e. The van der Waals surface area contributed by atoms with E-state index in [1.165, 1.54) is 0 Å². The Kier molecular flexibility index (Phi) is 5.80. The second-order valence-corrected chi connectivity index (χ2v) is 6.36. The first-order chi connectivity index (χ1) is 10.1. The number of hydrazine groups is 1. The highest BCUT2D eigenvalue weighted by Gasteiger charge is 2.23. The third kappa shape index (κ3) is 3.48. The Hall–Kier alpha value is -0.890. The van der Waals surface area contributed by atoms with E-state index in [0.29, 0.717) is 0 Å². The van der Waals surface area contributed by atoms with Gasteiger partial charge in [-0.2, -0.15) is 5.10 Å². The summed E-state index contributed by atoms with van der Waals surface area (Å²) in [7, 11) is 1.65. The van der Waals surface area contributed by atoms with Gasteiger partial charge in [-0.3, -0.25) is 10.5 Å². The van der Waals surface area contributed by atoms with Gasteiger partial charge in [0, 0.05) is 16.6 Å². The SMILES string of the molecule is CCCn1ncc(Br)c1C(NN)c1ccc(Br)cc1OC. The van der Waals surface area contributed by atoms with Crippen molar-refractivity contribution in [3.8, 4) is 5.75 Å². The molecule has 1 unspecified atom stereocenters. The highest BCUT2D eigenvalue weighted by atomic mass is 79.9. The number of nitrogens with two attached hydrogens (primary N) is 1. The number of nitrogens with one attached hydrogen (secondary N) is 1. The topological polar surface area (TPSA) is 65.1 Å². The molecular weight excluding hydrogens is 400 g/mol. The van der Waals surface area contributed by atoms with Gasteiger partial charge >= 0.3 is 0 Å². The predicted octanol–water partition coefficient (Wildman–Crippen LogP) is 3.38. The van der Waals surface area contributed by atoms with Gasteiger partial charge in [-0.25, -0.2) is 5.43 Å². The summed E-state index contributed by atoms with van der Waals surface area (Å²) >= 11 is 7.01. The van der Waals surface area contributed by atoms with E-state index >= 15 is 0 Å². The summed E-state index contributed by atoms with van der Waals surface area (Å²) in [5, 5.41) is 4.40. The average Bonchev–Trinajstić information content (AvgIpc) is 2.83. The molecule has 0 aliphatic rings. The number of hydrogen-bond acceptors (Lipinski definition) is 4. The number of aryl methyl sites for hydroxylation is 1. The van der Waals surface area contributed by atoms with E-state index < -0.39 is 0 Å². The van der Waals surface area contributed by atoms with E-state index in [-0.39, 0.29) is 6.04 Å². The first-order valence-electron chi connectivity index (χ1n) is 6.63. The standard InChI is InChI=1S/C14H18Br2N4O/c1-3-6-20-14(11(16)8-18-20)13(19-17)10-5-4-9(15)7-12(10)21-2/h4-5,7-8,13,19H,3,6,17H2,1-2H3. The van der Waals surface area contributed by atoms with Crippen LogP contribution < -0.4 is 16.0 Å². The average molecular weight is 418 g/mol. The first kappa shape index (κ1) is 16.5. The molecule has 1 aromatic heterocycles. The Morgan fingerprint density at radius 2 is 2.19 bits per heavy atom. The number of halogens is 2. The van der Waals surface area contributed by atoms with Crippen LogP contribution in [0.1, 0.15) is 30.6 Å². The van der Waals surface area contributed by atoms with Crippen LogP contribution in [0.5, 0.6) is 5.75 Å². The molecule has 21 heavy (non-hydrogen) atoms. The molecule has 0 spiro atoms. The van der Waals surface area contributed by atoms with Crippen molar-refractivity contribution in [3.05, 3.63) is 44.6 Å². The zero-order valence-electron chi connectivity index (χ0n) is 11.9. The molecule has 0 saturated carbocycles. The van der Waals surface area contributed by atoms with Crippen molar-refractivity contribution in [2.75, 3.05) is 7.11 Å². The normalized spacial score (nSPS) is 12.4. The van der Waals surface area contributed by atoms with Crippen LogP contribution in [0.4, 0.5) is 0 Å². The molecule has 1 heterocycles. The van der Waals surface area contributed by atoms with Crippen molar-refractivity contribution >= 4 is 31.9 Å². The van der Waals surface area contributed by atoms with Crippen LogP contribution in [0.15, 0.2) is 33.3 Å². The zero-order valence-corrected chi connectivity index (χ0v) is 15.1. The molecule has 1 aromatic carbocycles. The lowest BCUT2D eigenvalue weighted by Crippen LogP contribution is -2.31. The van der Waals surface area contributed by atoms with Crippen LogP contribution in [-0.4, -0.2) is 16.9 Å². The molecule has 2 aromatic rings. The van der Waals surface area contributed by atoms with E-state index in [1.54, 1.807) is 13.3 Å². The summed E-state index contributed by atoms with van der Waals surface area (Å²) in [5.41, 5.74) is 4.81. The summed E-state index contributed by atoms with van der Waals surface area (Å²) in [5.74, 6) is 6.58. The quantitative estimate of drug-likeness (QED) is 0.558. The Morgan fingerprint density at radius 3 is 2.81 bits per heavy atom. The van der Waals surface area contributed by atoms with Gasteiger partial charge in [-0.15, -0.1) is 0 Å². The van der Waals surface area contributed by atoms with E-state index in [2.05, 4.69) is 49.3 Å². The highest BCUT2D eigenvalue weighted by Crippen LogP contribution is 2.34. The molecule has 0 saturated heterocycles. The molecule has 2 rings (SSSR count). The van der Waals surface area contributed by atoms with Gasteiger partial charge in [0.05, 0.1) is 29.5 Å². The molecule has 1 atom stereocenters. The molecule has 5 nitrogen and oxygen atoms in total. The molecule has 0 radical (unpaired) electrons. The number of benzene rings is 1. The fraction of sp³-hybridized carbons (Fsp3) is 0.357. The van der Waals surface area contributed by atoms with Gasteiger partial charge in [0.1, 0.15) is 5.75 Å². The summed E-state index contributed by atoms with van der Waals surface area (Å²) in [6, 6.07) is 5.67. The largest absolute Gasteiger partial charge is 0.496 e. The van der Waals surface area contributed by atoms with E-state index in [0.717, 1.165) is 38.9 Å². The van der Waals surface area contributed by atoms with E-state index in [1.807, 2.05) is 22.9 Å². The summed E-state index contributed by atoms with van der Waals surface area (Å²) in [6.07, 6.45) is 2.79. The van der Waals surface area contributed by atoms with Crippen LogP contribution in [-0.2, 0) is 6.54 Å². The van der Waals surface area contributed by atoms with Gasteiger partial charge in [-0.05, 0) is 34.5 Å². The Bertz CT molecular complexity index is 615. The van der Waals surface area contributed by atoms with Gasteiger partial charge in [0.2, 0.25) is 0 Å². The first-order valence-corrected chi connectivity index (χ1v) is 8.21. The molecular formula is C14H18Br2N4O. The fourth-order valence-electron chi connectivity index (χ4n) is 2.29. The van der Waals surface area contributed by atoms with Crippen LogP contribution in [0, 0.1) is 0 Å². The van der Waals surface area contributed by atoms with Gasteiger partial charge in [0.15, 0.2) is 0 Å². The second kappa shape index (κ2) is 7.40. The number of rotatable bonds is 6. The minimum Gasteiger partial charge on any atom is -0.496 e. The third-order valence-electron chi connectivity index (χ3n) is 3.22. The number of aromatic nitrogens is 2. The molecule has 0 aliphatic carbocycles. The highest BCUT2D eigenvalue weighted by molar-refractivity contribution is 9.10. The van der Waals surface area contributed by atoms with Crippen LogP contribution in [0.25, 0.3) is 0 Å². The maximum Gasteiger partial charge on any atom is 0.125 e. The number of nitrogens with zero attached hydrogens (tertiary/aromatic N) is 2. The molecule has 0 fully saturated rings. The van der Waals surface area contributed by atoms with Gasteiger partial charge in [-0.1, -0.05) is 28.9 Å². The Balaban J connectivity index is 2.52. The Labute approximate surface area is 141 Å². The lowest BCUT2D eigenvalue weighted by molar-refractivity contribution is 0.401. The van der Waals surface area contributed by atoms with Crippen molar-refractivity contribution in [2.24, 2.45) is 5.84 Å². The molecule has 0 bridgehead atoms. The Morgan fingerprint density at radius 1 is 1.43 bits per heavy atom.